The van der Waals surface area contributed by atoms with E-state index in [1.165, 1.54) is 5.56 Å². The van der Waals surface area contributed by atoms with Crippen LogP contribution in [0.3, 0.4) is 0 Å². The number of furan rings is 1. The fourth-order valence-corrected chi connectivity index (χ4v) is 3.29. The van der Waals surface area contributed by atoms with Crippen LogP contribution in [0.2, 0.25) is 0 Å². The highest BCUT2D eigenvalue weighted by atomic mass is 79.9. The lowest BCUT2D eigenvalue weighted by Crippen LogP contribution is -2.22. The van der Waals surface area contributed by atoms with Gasteiger partial charge >= 0.3 is 0 Å². The lowest BCUT2D eigenvalue weighted by Gasteiger charge is -2.18. The van der Waals surface area contributed by atoms with Gasteiger partial charge in [-0.2, -0.15) is 0 Å². The molecule has 1 atom stereocenters. The van der Waals surface area contributed by atoms with Gasteiger partial charge in [-0.1, -0.05) is 38.8 Å². The molecule has 1 aromatic heterocycles. The van der Waals surface area contributed by atoms with Crippen LogP contribution in [-0.2, 0) is 6.42 Å². The molecule has 0 spiro atoms. The summed E-state index contributed by atoms with van der Waals surface area (Å²) in [5.41, 5.74) is 1.24. The van der Waals surface area contributed by atoms with Crippen LogP contribution in [0.5, 0.6) is 0 Å². The van der Waals surface area contributed by atoms with Crippen LogP contribution in [0.1, 0.15) is 24.3 Å². The Kier molecular flexibility index (Phi) is 5.03. The first-order chi connectivity index (χ1) is 8.69. The van der Waals surface area contributed by atoms with E-state index in [0.717, 1.165) is 27.7 Å². The Morgan fingerprint density at radius 2 is 1.94 bits per heavy atom. The lowest BCUT2D eigenvalue weighted by molar-refractivity contribution is 0.455. The van der Waals surface area contributed by atoms with E-state index in [0.29, 0.717) is 0 Å². The van der Waals surface area contributed by atoms with Gasteiger partial charge in [0.05, 0.1) is 6.26 Å². The molecule has 1 unspecified atom stereocenters. The topological polar surface area (TPSA) is 25.2 Å². The SMILES string of the molecule is CCNC(Cc1ccco1)c1cc(Br)cc(Br)c1. The van der Waals surface area contributed by atoms with Gasteiger partial charge in [-0.05, 0) is 42.4 Å². The number of nitrogens with one attached hydrogen (secondary N) is 1. The van der Waals surface area contributed by atoms with Crippen molar-refractivity contribution in [3.8, 4) is 0 Å². The van der Waals surface area contributed by atoms with Crippen molar-refractivity contribution in [3.63, 3.8) is 0 Å². The highest BCUT2D eigenvalue weighted by Crippen LogP contribution is 2.26. The molecule has 0 radical (unpaired) electrons. The average molecular weight is 373 g/mol. The zero-order valence-electron chi connectivity index (χ0n) is 10.1. The van der Waals surface area contributed by atoms with Crippen molar-refractivity contribution in [2.45, 2.75) is 19.4 Å². The van der Waals surface area contributed by atoms with Crippen molar-refractivity contribution in [1.29, 1.82) is 0 Å². The van der Waals surface area contributed by atoms with E-state index in [2.05, 4.69) is 56.2 Å². The smallest absolute Gasteiger partial charge is 0.105 e. The maximum absolute atomic E-state index is 5.43. The summed E-state index contributed by atoms with van der Waals surface area (Å²) in [7, 11) is 0. The number of hydrogen-bond acceptors (Lipinski definition) is 2. The van der Waals surface area contributed by atoms with E-state index in [-0.39, 0.29) is 6.04 Å². The molecule has 96 valence electrons. The Morgan fingerprint density at radius 3 is 2.50 bits per heavy atom. The van der Waals surface area contributed by atoms with E-state index >= 15 is 0 Å². The molecule has 2 nitrogen and oxygen atoms in total. The standard InChI is InChI=1S/C14H15Br2NO/c1-2-17-14(9-13-4-3-5-18-13)10-6-11(15)8-12(16)7-10/h3-8,14,17H,2,9H2,1H3. The van der Waals surface area contributed by atoms with Crippen molar-refractivity contribution in [2.75, 3.05) is 6.54 Å². The average Bonchev–Trinajstić information content (AvgIpc) is 2.80. The van der Waals surface area contributed by atoms with Gasteiger partial charge in [0.1, 0.15) is 5.76 Å². The third-order valence-electron chi connectivity index (χ3n) is 2.72. The van der Waals surface area contributed by atoms with Crippen LogP contribution in [-0.4, -0.2) is 6.54 Å². The number of benzene rings is 1. The molecule has 1 heterocycles. The summed E-state index contributed by atoms with van der Waals surface area (Å²) >= 11 is 7.06. The molecule has 0 aliphatic carbocycles. The Morgan fingerprint density at radius 1 is 1.22 bits per heavy atom. The molecule has 0 saturated heterocycles. The number of hydrogen-bond donors (Lipinski definition) is 1. The summed E-state index contributed by atoms with van der Waals surface area (Å²) in [6, 6.07) is 10.5. The highest BCUT2D eigenvalue weighted by Gasteiger charge is 2.13. The van der Waals surface area contributed by atoms with E-state index < -0.39 is 0 Å². The molecular weight excluding hydrogens is 358 g/mol. The van der Waals surface area contributed by atoms with Gasteiger partial charge in [-0.15, -0.1) is 0 Å². The van der Waals surface area contributed by atoms with Gasteiger partial charge in [0, 0.05) is 21.4 Å². The Hall–Kier alpha value is -0.580. The molecule has 0 bridgehead atoms. The van der Waals surface area contributed by atoms with Gasteiger partial charge in [-0.25, -0.2) is 0 Å². The molecule has 0 saturated carbocycles. The van der Waals surface area contributed by atoms with E-state index in [1.807, 2.05) is 18.2 Å². The van der Waals surface area contributed by atoms with Crippen LogP contribution < -0.4 is 5.32 Å². The first-order valence-corrected chi connectivity index (χ1v) is 7.49. The van der Waals surface area contributed by atoms with Crippen molar-refractivity contribution >= 4 is 31.9 Å². The Bertz CT molecular complexity index is 476. The minimum Gasteiger partial charge on any atom is -0.469 e. The van der Waals surface area contributed by atoms with Crippen LogP contribution in [0, 0.1) is 0 Å². The highest BCUT2D eigenvalue weighted by molar-refractivity contribution is 9.11. The summed E-state index contributed by atoms with van der Waals surface area (Å²) in [5, 5.41) is 3.49. The second-order valence-electron chi connectivity index (χ2n) is 4.10. The molecule has 1 N–H and O–H groups in total. The Balaban J connectivity index is 2.23. The van der Waals surface area contributed by atoms with Crippen LogP contribution >= 0.6 is 31.9 Å². The zero-order valence-corrected chi connectivity index (χ0v) is 13.3. The number of halogens is 2. The van der Waals surface area contributed by atoms with Crippen LogP contribution in [0.4, 0.5) is 0 Å². The third kappa shape index (κ3) is 3.70. The number of rotatable bonds is 5. The lowest BCUT2D eigenvalue weighted by atomic mass is 10.0. The molecule has 0 aliphatic heterocycles. The molecule has 4 heteroatoms. The predicted molar refractivity (Wildman–Crippen MR) is 80.7 cm³/mol. The normalized spacial score (nSPS) is 12.6. The summed E-state index contributed by atoms with van der Waals surface area (Å²) in [5.74, 6) is 0.997. The van der Waals surface area contributed by atoms with Crippen molar-refractivity contribution in [1.82, 2.24) is 5.32 Å². The van der Waals surface area contributed by atoms with Gasteiger partial charge < -0.3 is 9.73 Å². The molecule has 1 aromatic carbocycles. The van der Waals surface area contributed by atoms with Crippen LogP contribution in [0.25, 0.3) is 0 Å². The van der Waals surface area contributed by atoms with E-state index in [4.69, 9.17) is 4.42 Å². The first kappa shape index (κ1) is 13.8. The minimum atomic E-state index is 0.259. The maximum atomic E-state index is 5.43. The van der Waals surface area contributed by atoms with Gasteiger partial charge in [0.2, 0.25) is 0 Å². The molecule has 0 amide bonds. The fraction of sp³-hybridized carbons (Fsp3) is 0.286. The second-order valence-corrected chi connectivity index (χ2v) is 5.93. The van der Waals surface area contributed by atoms with Crippen molar-refractivity contribution in [3.05, 3.63) is 56.9 Å². The molecule has 0 aliphatic rings. The van der Waals surface area contributed by atoms with E-state index in [1.54, 1.807) is 6.26 Å². The fourth-order valence-electron chi connectivity index (χ4n) is 1.96. The number of likely N-dealkylation sites (N-methyl/N-ethyl adjacent to an activating group) is 1. The van der Waals surface area contributed by atoms with Gasteiger partial charge in [-0.3, -0.25) is 0 Å². The first-order valence-electron chi connectivity index (χ1n) is 5.90. The van der Waals surface area contributed by atoms with Crippen LogP contribution in [0.15, 0.2) is 50.0 Å². The molecule has 2 aromatic rings. The zero-order chi connectivity index (χ0) is 13.0. The van der Waals surface area contributed by atoms with Crippen molar-refractivity contribution in [2.24, 2.45) is 0 Å². The van der Waals surface area contributed by atoms with Crippen molar-refractivity contribution < 1.29 is 4.42 Å². The molecule has 0 fully saturated rings. The monoisotopic (exact) mass is 371 g/mol. The third-order valence-corrected chi connectivity index (χ3v) is 3.64. The van der Waals surface area contributed by atoms with Gasteiger partial charge in [0.25, 0.3) is 0 Å². The quantitative estimate of drug-likeness (QED) is 0.822. The second kappa shape index (κ2) is 6.55. The molecular formula is C14H15Br2NO. The summed E-state index contributed by atoms with van der Waals surface area (Å²) in [6.45, 7) is 3.04. The van der Waals surface area contributed by atoms with Gasteiger partial charge in [0.15, 0.2) is 0 Å². The summed E-state index contributed by atoms with van der Waals surface area (Å²) < 4.78 is 7.58. The summed E-state index contributed by atoms with van der Waals surface area (Å²) in [4.78, 5) is 0. The molecule has 18 heavy (non-hydrogen) atoms. The maximum Gasteiger partial charge on any atom is 0.105 e. The minimum absolute atomic E-state index is 0.259. The predicted octanol–water partition coefficient (Wildman–Crippen LogP) is 4.70. The summed E-state index contributed by atoms with van der Waals surface area (Å²) in [6.07, 6.45) is 2.57. The van der Waals surface area contributed by atoms with E-state index in [9.17, 15) is 0 Å². The largest absolute Gasteiger partial charge is 0.469 e. The molecule has 2 rings (SSSR count). The Labute approximate surface area is 124 Å².